The summed E-state index contributed by atoms with van der Waals surface area (Å²) in [5, 5.41) is 14.1. The van der Waals surface area contributed by atoms with Crippen LogP contribution < -0.4 is 14.8 Å². The predicted octanol–water partition coefficient (Wildman–Crippen LogP) is 3.47. The van der Waals surface area contributed by atoms with Gasteiger partial charge in [-0.05, 0) is 25.0 Å². The van der Waals surface area contributed by atoms with Crippen molar-refractivity contribution in [2.75, 3.05) is 20.3 Å². The van der Waals surface area contributed by atoms with Gasteiger partial charge in [0.25, 0.3) is 11.6 Å². The molecule has 28 heavy (non-hydrogen) atoms. The fourth-order valence-corrected chi connectivity index (χ4v) is 2.56. The molecule has 0 heterocycles. The smallest absolute Gasteiger partial charge is 0.286 e. The van der Waals surface area contributed by atoms with E-state index in [1.165, 1.54) is 19.2 Å². The summed E-state index contributed by atoms with van der Waals surface area (Å²) in [6.07, 6.45) is 0. The van der Waals surface area contributed by atoms with Crippen molar-refractivity contribution in [3.05, 3.63) is 63.2 Å². The van der Waals surface area contributed by atoms with Gasteiger partial charge in [-0.15, -0.1) is 0 Å². The van der Waals surface area contributed by atoms with E-state index in [1.807, 2.05) is 31.2 Å². The van der Waals surface area contributed by atoms with Gasteiger partial charge in [0, 0.05) is 19.2 Å². The number of benzene rings is 2. The fourth-order valence-electron chi connectivity index (χ4n) is 2.56. The first kappa shape index (κ1) is 21.2. The molecule has 0 radical (unpaired) electrons. The minimum Gasteiger partial charge on any atom is -0.493 e. The number of carbonyl (C=O) groups excluding carboxylic acids is 1. The van der Waals surface area contributed by atoms with Crippen molar-refractivity contribution in [2.24, 2.45) is 0 Å². The Labute approximate surface area is 163 Å². The number of hydrogen-bond donors (Lipinski definition) is 1. The zero-order chi connectivity index (χ0) is 20.5. The summed E-state index contributed by atoms with van der Waals surface area (Å²) in [6.45, 7) is 5.41. The molecule has 8 nitrogen and oxygen atoms in total. The Morgan fingerprint density at radius 2 is 1.75 bits per heavy atom. The van der Waals surface area contributed by atoms with Gasteiger partial charge in [-0.25, -0.2) is 0 Å². The van der Waals surface area contributed by atoms with Crippen molar-refractivity contribution in [1.29, 1.82) is 0 Å². The fraction of sp³-hybridized carbons (Fsp3) is 0.350. The molecule has 0 aliphatic carbocycles. The van der Waals surface area contributed by atoms with E-state index in [-0.39, 0.29) is 29.3 Å². The highest BCUT2D eigenvalue weighted by Gasteiger charge is 2.24. The monoisotopic (exact) mass is 388 g/mol. The summed E-state index contributed by atoms with van der Waals surface area (Å²) in [5.74, 6) is -0.0811. The van der Waals surface area contributed by atoms with E-state index in [0.29, 0.717) is 19.8 Å². The van der Waals surface area contributed by atoms with Gasteiger partial charge in [0.1, 0.15) is 5.56 Å². The maximum absolute atomic E-state index is 12.6. The molecule has 1 N–H and O–H groups in total. The summed E-state index contributed by atoms with van der Waals surface area (Å²) >= 11 is 0. The lowest BCUT2D eigenvalue weighted by atomic mass is 10.1. The topological polar surface area (TPSA) is 99.9 Å². The van der Waals surface area contributed by atoms with Crippen LogP contribution in [0.3, 0.4) is 0 Å². The number of rotatable bonds is 10. The van der Waals surface area contributed by atoms with Gasteiger partial charge in [-0.1, -0.05) is 24.3 Å². The second kappa shape index (κ2) is 10.3. The summed E-state index contributed by atoms with van der Waals surface area (Å²) in [7, 11) is 1.41. The van der Waals surface area contributed by atoms with Crippen LogP contribution in [0.4, 0.5) is 5.69 Å². The molecular weight excluding hydrogens is 364 g/mol. The van der Waals surface area contributed by atoms with Crippen molar-refractivity contribution in [3.63, 3.8) is 0 Å². The van der Waals surface area contributed by atoms with E-state index < -0.39 is 10.8 Å². The Morgan fingerprint density at radius 1 is 1.07 bits per heavy atom. The number of methoxy groups -OCH3 is 1. The summed E-state index contributed by atoms with van der Waals surface area (Å²) in [5.41, 5.74) is 1.48. The predicted molar refractivity (Wildman–Crippen MR) is 104 cm³/mol. The van der Waals surface area contributed by atoms with E-state index in [1.54, 1.807) is 6.92 Å². The molecule has 2 rings (SSSR count). The summed E-state index contributed by atoms with van der Waals surface area (Å²) in [6, 6.07) is 10.1. The second-order valence-corrected chi connectivity index (χ2v) is 5.85. The molecule has 8 heteroatoms. The first-order valence-corrected chi connectivity index (χ1v) is 8.93. The van der Waals surface area contributed by atoms with Gasteiger partial charge in [0.05, 0.1) is 31.3 Å². The number of carbonyl (C=O) groups is 1. The lowest BCUT2D eigenvalue weighted by molar-refractivity contribution is -0.385. The standard InChI is InChI=1S/C20H24N2O6/c1-4-27-13-15-8-6-14(7-9-15)12-21-20(23)16-10-18(26-3)19(28-5-2)11-17(16)22(24)25/h6-11H,4-5,12-13H2,1-3H3,(H,21,23). The van der Waals surface area contributed by atoms with Crippen LogP contribution >= 0.6 is 0 Å². The lowest BCUT2D eigenvalue weighted by Crippen LogP contribution is -2.24. The van der Waals surface area contributed by atoms with E-state index in [0.717, 1.165) is 11.1 Å². The molecule has 0 bridgehead atoms. The zero-order valence-electron chi connectivity index (χ0n) is 16.2. The van der Waals surface area contributed by atoms with Crippen LogP contribution in [0, 0.1) is 10.1 Å². The number of nitro groups is 1. The van der Waals surface area contributed by atoms with Crippen molar-refractivity contribution in [1.82, 2.24) is 5.32 Å². The molecule has 0 saturated carbocycles. The molecule has 0 aliphatic heterocycles. The third-order valence-corrected chi connectivity index (χ3v) is 3.97. The highest BCUT2D eigenvalue weighted by Crippen LogP contribution is 2.34. The van der Waals surface area contributed by atoms with Crippen LogP contribution in [0.15, 0.2) is 36.4 Å². The molecule has 0 saturated heterocycles. The van der Waals surface area contributed by atoms with E-state index >= 15 is 0 Å². The first-order chi connectivity index (χ1) is 13.5. The van der Waals surface area contributed by atoms with Crippen molar-refractivity contribution < 1.29 is 23.9 Å². The molecular formula is C20H24N2O6. The first-order valence-electron chi connectivity index (χ1n) is 8.93. The third kappa shape index (κ3) is 5.43. The SMILES string of the molecule is CCOCc1ccc(CNC(=O)c2cc(OC)c(OCC)cc2[N+](=O)[O-])cc1. The van der Waals surface area contributed by atoms with Gasteiger partial charge in [0.2, 0.25) is 0 Å². The molecule has 0 spiro atoms. The van der Waals surface area contributed by atoms with Crippen molar-refractivity contribution in [3.8, 4) is 11.5 Å². The number of amides is 1. The number of nitrogens with one attached hydrogen (secondary N) is 1. The van der Waals surface area contributed by atoms with Crippen LogP contribution in [0.5, 0.6) is 11.5 Å². The Balaban J connectivity index is 2.15. The molecule has 150 valence electrons. The van der Waals surface area contributed by atoms with Gasteiger partial charge < -0.3 is 19.5 Å². The Hall–Kier alpha value is -3.13. The van der Waals surface area contributed by atoms with Crippen molar-refractivity contribution in [2.45, 2.75) is 27.0 Å². The maximum atomic E-state index is 12.6. The minimum absolute atomic E-state index is 0.0849. The molecule has 0 aromatic heterocycles. The highest BCUT2D eigenvalue weighted by atomic mass is 16.6. The van der Waals surface area contributed by atoms with E-state index in [2.05, 4.69) is 5.32 Å². The number of nitrogens with zero attached hydrogens (tertiary/aromatic N) is 1. The quantitative estimate of drug-likeness (QED) is 0.494. The van der Waals surface area contributed by atoms with Crippen LogP contribution in [-0.2, 0) is 17.9 Å². The summed E-state index contributed by atoms with van der Waals surface area (Å²) < 4.78 is 15.9. The largest absolute Gasteiger partial charge is 0.493 e. The van der Waals surface area contributed by atoms with Crippen LogP contribution in [-0.4, -0.2) is 31.2 Å². The zero-order valence-corrected chi connectivity index (χ0v) is 16.2. The van der Waals surface area contributed by atoms with Gasteiger partial charge >= 0.3 is 0 Å². The molecule has 0 aliphatic rings. The molecule has 1 amide bonds. The number of ether oxygens (including phenoxy) is 3. The van der Waals surface area contributed by atoms with E-state index in [9.17, 15) is 14.9 Å². The number of hydrogen-bond acceptors (Lipinski definition) is 6. The van der Waals surface area contributed by atoms with Crippen LogP contribution in [0.2, 0.25) is 0 Å². The van der Waals surface area contributed by atoms with E-state index in [4.69, 9.17) is 14.2 Å². The van der Waals surface area contributed by atoms with Gasteiger partial charge in [-0.2, -0.15) is 0 Å². The highest BCUT2D eigenvalue weighted by molar-refractivity contribution is 5.99. The third-order valence-electron chi connectivity index (χ3n) is 3.97. The normalized spacial score (nSPS) is 10.4. The van der Waals surface area contributed by atoms with Crippen LogP contribution in [0.1, 0.15) is 35.3 Å². The average Bonchev–Trinajstić information content (AvgIpc) is 2.71. The van der Waals surface area contributed by atoms with Crippen LogP contribution in [0.25, 0.3) is 0 Å². The van der Waals surface area contributed by atoms with Gasteiger partial charge in [0.15, 0.2) is 11.5 Å². The average molecular weight is 388 g/mol. The Morgan fingerprint density at radius 3 is 2.32 bits per heavy atom. The Bertz CT molecular complexity index is 820. The van der Waals surface area contributed by atoms with Gasteiger partial charge in [-0.3, -0.25) is 14.9 Å². The Kier molecular flexibility index (Phi) is 7.76. The second-order valence-electron chi connectivity index (χ2n) is 5.85. The van der Waals surface area contributed by atoms with Crippen molar-refractivity contribution >= 4 is 11.6 Å². The molecule has 2 aromatic carbocycles. The molecule has 0 atom stereocenters. The molecule has 0 fully saturated rings. The lowest BCUT2D eigenvalue weighted by Gasteiger charge is -2.12. The minimum atomic E-state index is -0.612. The molecule has 2 aromatic rings. The number of nitro benzene ring substituents is 1. The maximum Gasteiger partial charge on any atom is 0.286 e. The summed E-state index contributed by atoms with van der Waals surface area (Å²) in [4.78, 5) is 23.3. The molecule has 0 unspecified atom stereocenters.